The second-order valence-electron chi connectivity index (χ2n) is 3.78. The molecule has 0 aromatic heterocycles. The van der Waals surface area contributed by atoms with Crippen LogP contribution in [0, 0.1) is 5.82 Å². The Morgan fingerprint density at radius 3 is 2.35 bits per heavy atom. The fourth-order valence-corrected chi connectivity index (χ4v) is 1.65. The molecule has 1 aromatic rings. The van der Waals surface area contributed by atoms with Crippen LogP contribution < -0.4 is 0 Å². The molecule has 0 spiro atoms. The van der Waals surface area contributed by atoms with Crippen molar-refractivity contribution in [3.63, 3.8) is 0 Å². The van der Waals surface area contributed by atoms with Crippen LogP contribution in [0.5, 0.6) is 0 Å². The van der Waals surface area contributed by atoms with Crippen LogP contribution >= 0.6 is 0 Å². The Hall–Kier alpha value is -1.71. The molecule has 1 aromatic carbocycles. The molecule has 3 nitrogen and oxygen atoms in total. The van der Waals surface area contributed by atoms with E-state index in [-0.39, 0.29) is 18.2 Å². The smallest absolute Gasteiger partial charge is 0.374 e. The molecular formula is C13H15FO3. The highest BCUT2D eigenvalue weighted by Gasteiger charge is 2.20. The number of ketones is 1. The highest BCUT2D eigenvalue weighted by molar-refractivity contribution is 6.33. The molecule has 92 valence electrons. The first-order chi connectivity index (χ1) is 8.08. The molecule has 4 heteroatoms. The Balaban J connectivity index is 2.75. The number of benzene rings is 1. The first-order valence-corrected chi connectivity index (χ1v) is 5.45. The Labute approximate surface area is 99.6 Å². The predicted octanol–water partition coefficient (Wildman–Crippen LogP) is 2.45. The van der Waals surface area contributed by atoms with Crippen LogP contribution in [-0.2, 0) is 14.3 Å². The van der Waals surface area contributed by atoms with Gasteiger partial charge in [-0.05, 0) is 30.0 Å². The zero-order valence-corrected chi connectivity index (χ0v) is 9.90. The van der Waals surface area contributed by atoms with Crippen LogP contribution in [0.3, 0.4) is 0 Å². The third-order valence-electron chi connectivity index (χ3n) is 2.68. The van der Waals surface area contributed by atoms with Crippen molar-refractivity contribution in [2.24, 2.45) is 0 Å². The van der Waals surface area contributed by atoms with Crippen molar-refractivity contribution in [1.29, 1.82) is 0 Å². The average molecular weight is 238 g/mol. The van der Waals surface area contributed by atoms with Gasteiger partial charge in [-0.25, -0.2) is 9.18 Å². The van der Waals surface area contributed by atoms with E-state index in [1.54, 1.807) is 12.1 Å². The van der Waals surface area contributed by atoms with E-state index in [0.29, 0.717) is 6.42 Å². The normalized spacial score (nSPS) is 11.9. The van der Waals surface area contributed by atoms with Gasteiger partial charge in [0.05, 0.1) is 7.11 Å². The van der Waals surface area contributed by atoms with Crippen molar-refractivity contribution >= 4 is 11.8 Å². The number of esters is 1. The topological polar surface area (TPSA) is 43.4 Å². The Morgan fingerprint density at radius 2 is 1.88 bits per heavy atom. The van der Waals surface area contributed by atoms with Crippen molar-refractivity contribution < 1.29 is 18.7 Å². The molecule has 0 N–H and O–H groups in total. The van der Waals surface area contributed by atoms with E-state index >= 15 is 0 Å². The number of hydrogen-bond donors (Lipinski definition) is 0. The molecule has 0 radical (unpaired) electrons. The van der Waals surface area contributed by atoms with Gasteiger partial charge in [0.2, 0.25) is 5.78 Å². The van der Waals surface area contributed by atoms with Crippen molar-refractivity contribution in [3.8, 4) is 0 Å². The summed E-state index contributed by atoms with van der Waals surface area (Å²) in [5.41, 5.74) is 0.853. The maximum absolute atomic E-state index is 12.8. The third-order valence-corrected chi connectivity index (χ3v) is 2.68. The lowest BCUT2D eigenvalue weighted by atomic mass is 9.91. The molecule has 0 aliphatic carbocycles. The summed E-state index contributed by atoms with van der Waals surface area (Å²) < 4.78 is 17.1. The van der Waals surface area contributed by atoms with Gasteiger partial charge in [-0.3, -0.25) is 4.79 Å². The van der Waals surface area contributed by atoms with Gasteiger partial charge in [0, 0.05) is 6.42 Å². The second kappa shape index (κ2) is 6.13. The van der Waals surface area contributed by atoms with Crippen LogP contribution in [0.4, 0.5) is 4.39 Å². The fourth-order valence-electron chi connectivity index (χ4n) is 1.65. The third kappa shape index (κ3) is 3.66. The van der Waals surface area contributed by atoms with Crippen LogP contribution in [0.2, 0.25) is 0 Å². The number of ether oxygens (including phenoxy) is 1. The minimum absolute atomic E-state index is 0.0813. The fraction of sp³-hybridized carbons (Fsp3) is 0.385. The van der Waals surface area contributed by atoms with E-state index in [4.69, 9.17) is 0 Å². The lowest BCUT2D eigenvalue weighted by Crippen LogP contribution is -2.18. The number of methoxy groups -OCH3 is 1. The maximum Gasteiger partial charge on any atom is 0.374 e. The molecule has 0 fully saturated rings. The van der Waals surface area contributed by atoms with Gasteiger partial charge in [0.15, 0.2) is 0 Å². The van der Waals surface area contributed by atoms with Gasteiger partial charge < -0.3 is 4.74 Å². The number of hydrogen-bond acceptors (Lipinski definition) is 3. The summed E-state index contributed by atoms with van der Waals surface area (Å²) in [5, 5.41) is 0. The number of rotatable bonds is 5. The minimum atomic E-state index is -0.828. The monoisotopic (exact) mass is 238 g/mol. The molecule has 17 heavy (non-hydrogen) atoms. The Kier molecular flexibility index (Phi) is 4.82. The summed E-state index contributed by atoms with van der Waals surface area (Å²) in [7, 11) is 1.18. The zero-order valence-electron chi connectivity index (χ0n) is 9.90. The first kappa shape index (κ1) is 13.4. The van der Waals surface area contributed by atoms with Crippen LogP contribution in [-0.4, -0.2) is 18.9 Å². The molecule has 0 saturated heterocycles. The lowest BCUT2D eigenvalue weighted by molar-refractivity contribution is -0.151. The van der Waals surface area contributed by atoms with E-state index < -0.39 is 11.8 Å². The van der Waals surface area contributed by atoms with Crippen LogP contribution in [0.15, 0.2) is 24.3 Å². The minimum Gasteiger partial charge on any atom is -0.463 e. The van der Waals surface area contributed by atoms with Crippen molar-refractivity contribution in [2.75, 3.05) is 7.11 Å². The number of Topliss-reactive ketones (excluding diaryl/α,β-unsaturated/α-hetero) is 1. The van der Waals surface area contributed by atoms with Crippen LogP contribution in [0.25, 0.3) is 0 Å². The van der Waals surface area contributed by atoms with Gasteiger partial charge >= 0.3 is 5.97 Å². The van der Waals surface area contributed by atoms with Crippen molar-refractivity contribution in [2.45, 2.75) is 25.7 Å². The lowest BCUT2D eigenvalue weighted by Gasteiger charge is -2.13. The molecule has 1 atom stereocenters. The summed E-state index contributed by atoms with van der Waals surface area (Å²) in [6.45, 7) is 1.92. The quantitative estimate of drug-likeness (QED) is 0.584. The number of carbonyl (C=O) groups is 2. The predicted molar refractivity (Wildman–Crippen MR) is 61.1 cm³/mol. The molecule has 0 unspecified atom stereocenters. The molecule has 0 aliphatic rings. The van der Waals surface area contributed by atoms with Gasteiger partial charge in [0.1, 0.15) is 5.82 Å². The van der Waals surface area contributed by atoms with Crippen molar-refractivity contribution in [3.05, 3.63) is 35.6 Å². The van der Waals surface area contributed by atoms with Crippen LogP contribution in [0.1, 0.15) is 31.2 Å². The highest BCUT2D eigenvalue weighted by Crippen LogP contribution is 2.23. The molecule has 0 heterocycles. The van der Waals surface area contributed by atoms with Gasteiger partial charge in [-0.15, -0.1) is 0 Å². The summed E-state index contributed by atoms with van der Waals surface area (Å²) in [6.07, 6.45) is 0.795. The summed E-state index contributed by atoms with van der Waals surface area (Å²) in [6, 6.07) is 5.96. The van der Waals surface area contributed by atoms with E-state index in [1.165, 1.54) is 19.2 Å². The van der Waals surface area contributed by atoms with E-state index in [9.17, 15) is 14.0 Å². The standard InChI is InChI=1S/C13H15FO3/c1-3-9(8-12(15)13(16)17-2)10-4-6-11(14)7-5-10/h4-7,9H,3,8H2,1-2H3/t9-/m1/s1. The van der Waals surface area contributed by atoms with E-state index in [1.807, 2.05) is 6.92 Å². The molecule has 0 saturated carbocycles. The summed E-state index contributed by atoms with van der Waals surface area (Å²) in [4.78, 5) is 22.5. The second-order valence-corrected chi connectivity index (χ2v) is 3.78. The SMILES string of the molecule is CC[C@H](CC(=O)C(=O)OC)c1ccc(F)cc1. The average Bonchev–Trinajstić information content (AvgIpc) is 2.35. The van der Waals surface area contributed by atoms with Crippen molar-refractivity contribution in [1.82, 2.24) is 0 Å². The summed E-state index contributed by atoms with van der Waals surface area (Å²) >= 11 is 0. The van der Waals surface area contributed by atoms with Gasteiger partial charge in [-0.2, -0.15) is 0 Å². The van der Waals surface area contributed by atoms with E-state index in [2.05, 4.69) is 4.74 Å². The Bertz CT molecular complexity index is 398. The highest BCUT2D eigenvalue weighted by atomic mass is 19.1. The van der Waals surface area contributed by atoms with Gasteiger partial charge in [-0.1, -0.05) is 19.1 Å². The number of halogens is 1. The maximum atomic E-state index is 12.8. The summed E-state index contributed by atoms with van der Waals surface area (Å²) in [5.74, 6) is -1.78. The Morgan fingerprint density at radius 1 is 1.29 bits per heavy atom. The molecular weight excluding hydrogens is 223 g/mol. The zero-order chi connectivity index (χ0) is 12.8. The first-order valence-electron chi connectivity index (χ1n) is 5.45. The molecule has 0 amide bonds. The number of carbonyl (C=O) groups excluding carboxylic acids is 2. The van der Waals surface area contributed by atoms with E-state index in [0.717, 1.165) is 5.56 Å². The molecule has 0 aliphatic heterocycles. The molecule has 0 bridgehead atoms. The largest absolute Gasteiger partial charge is 0.463 e. The van der Waals surface area contributed by atoms with Gasteiger partial charge in [0.25, 0.3) is 0 Å². The molecule has 1 rings (SSSR count).